The molecule has 0 fully saturated rings. The first-order valence-corrected chi connectivity index (χ1v) is 7.13. The van der Waals surface area contributed by atoms with E-state index in [4.69, 9.17) is 9.39 Å². The summed E-state index contributed by atoms with van der Waals surface area (Å²) < 4.78 is 10.3. The van der Waals surface area contributed by atoms with E-state index in [9.17, 15) is 19.7 Å². The lowest BCUT2D eigenvalue weighted by Gasteiger charge is -2.29. The van der Waals surface area contributed by atoms with Gasteiger partial charge in [-0.15, -0.1) is 0 Å². The summed E-state index contributed by atoms with van der Waals surface area (Å²) in [5.41, 5.74) is 0.575. The first-order valence-electron chi connectivity index (χ1n) is 7.13. The van der Waals surface area contributed by atoms with E-state index in [0.29, 0.717) is 5.56 Å². The van der Waals surface area contributed by atoms with Crippen LogP contribution >= 0.6 is 0 Å². The minimum atomic E-state index is -1.28. The van der Waals surface area contributed by atoms with Gasteiger partial charge in [0.2, 0.25) is 5.91 Å². The third-order valence-corrected chi connectivity index (χ3v) is 3.34. The van der Waals surface area contributed by atoms with Crippen molar-refractivity contribution in [1.82, 2.24) is 5.32 Å². The van der Waals surface area contributed by atoms with E-state index in [2.05, 4.69) is 5.32 Å². The van der Waals surface area contributed by atoms with E-state index in [-0.39, 0.29) is 42.4 Å². The third-order valence-electron chi connectivity index (χ3n) is 3.34. The molecule has 0 radical (unpaired) electrons. The van der Waals surface area contributed by atoms with E-state index in [1.807, 2.05) is 0 Å². The molecule has 0 unspecified atom stereocenters. The molecule has 8 heteroatoms. The molecular formula is C14H18BNO6. The van der Waals surface area contributed by atoms with Crippen molar-refractivity contribution >= 4 is 19.0 Å². The van der Waals surface area contributed by atoms with Crippen molar-refractivity contribution in [3.05, 3.63) is 23.3 Å². The number of benzene rings is 1. The van der Waals surface area contributed by atoms with Crippen molar-refractivity contribution in [3.63, 3.8) is 0 Å². The lowest BCUT2D eigenvalue weighted by atomic mass is 9.72. The highest BCUT2D eigenvalue weighted by Gasteiger charge is 2.38. The molecule has 1 aliphatic heterocycles. The van der Waals surface area contributed by atoms with E-state index >= 15 is 0 Å². The fourth-order valence-electron chi connectivity index (χ4n) is 2.30. The summed E-state index contributed by atoms with van der Waals surface area (Å²) in [6.45, 7) is 3.55. The number of carbonyl (C=O) groups excluding carboxylic acids is 2. The number of ether oxygens (including phenoxy) is 1. The number of phenolic OH excluding ortho intramolecular Hbond substituents is 1. The van der Waals surface area contributed by atoms with Gasteiger partial charge in [-0.1, -0.05) is 6.92 Å². The van der Waals surface area contributed by atoms with E-state index in [1.165, 1.54) is 12.1 Å². The summed E-state index contributed by atoms with van der Waals surface area (Å²) in [4.78, 5) is 23.4. The molecule has 0 aromatic heterocycles. The van der Waals surface area contributed by atoms with Gasteiger partial charge in [0.1, 0.15) is 17.1 Å². The Bertz CT molecular complexity index is 591. The number of fused-ring (bicyclic) bond motifs is 1. The van der Waals surface area contributed by atoms with Gasteiger partial charge in [0.25, 0.3) is 0 Å². The lowest BCUT2D eigenvalue weighted by molar-refractivity contribution is -0.121. The van der Waals surface area contributed by atoms with Crippen LogP contribution in [0.2, 0.25) is 0 Å². The number of nitrogens with one attached hydrogen (secondary N) is 1. The van der Waals surface area contributed by atoms with Crippen LogP contribution in [-0.2, 0) is 16.0 Å². The van der Waals surface area contributed by atoms with Crippen LogP contribution in [0.1, 0.15) is 36.2 Å². The number of rotatable bonds is 4. The largest absolute Gasteiger partial charge is 0.547 e. The van der Waals surface area contributed by atoms with E-state index in [1.54, 1.807) is 13.8 Å². The Morgan fingerprint density at radius 2 is 2.18 bits per heavy atom. The maximum atomic E-state index is 11.9. The van der Waals surface area contributed by atoms with Crippen LogP contribution in [0.15, 0.2) is 12.1 Å². The second kappa shape index (κ2) is 6.70. The molecule has 1 aromatic carbocycles. The minimum Gasteiger partial charge on any atom is -0.534 e. The maximum Gasteiger partial charge on any atom is 0.547 e. The molecule has 2 rings (SSSR count). The number of phenols is 1. The van der Waals surface area contributed by atoms with Crippen molar-refractivity contribution in [2.24, 2.45) is 0 Å². The fourth-order valence-corrected chi connectivity index (χ4v) is 2.30. The van der Waals surface area contributed by atoms with Crippen molar-refractivity contribution in [3.8, 4) is 11.5 Å². The van der Waals surface area contributed by atoms with Crippen LogP contribution in [0.3, 0.4) is 0 Å². The molecule has 118 valence electrons. The molecule has 1 aliphatic rings. The van der Waals surface area contributed by atoms with Crippen molar-refractivity contribution in [1.29, 1.82) is 0 Å². The smallest absolute Gasteiger partial charge is 0.534 e. The van der Waals surface area contributed by atoms with Crippen LogP contribution in [0.4, 0.5) is 0 Å². The normalized spacial score (nSPS) is 16.5. The molecule has 1 aromatic rings. The number of aromatic hydroxyl groups is 1. The molecular weight excluding hydrogens is 289 g/mol. The predicted molar refractivity (Wildman–Crippen MR) is 78.6 cm³/mol. The molecule has 1 atom stereocenters. The molecule has 3 N–H and O–H groups in total. The number of hydrogen-bond acceptors (Lipinski definition) is 6. The number of carbonyl (C=O) groups is 2. The minimum absolute atomic E-state index is 0.0520. The zero-order chi connectivity index (χ0) is 16.3. The highest BCUT2D eigenvalue weighted by atomic mass is 16.5. The highest BCUT2D eigenvalue weighted by molar-refractivity contribution is 6.47. The van der Waals surface area contributed by atoms with Gasteiger partial charge in [-0.3, -0.25) is 4.79 Å². The lowest BCUT2D eigenvalue weighted by Crippen LogP contribution is -2.53. The Morgan fingerprint density at radius 1 is 1.45 bits per heavy atom. The monoisotopic (exact) mass is 307 g/mol. The van der Waals surface area contributed by atoms with Gasteiger partial charge in [0, 0.05) is 6.42 Å². The van der Waals surface area contributed by atoms with Gasteiger partial charge in [0.15, 0.2) is 0 Å². The van der Waals surface area contributed by atoms with E-state index < -0.39 is 19.0 Å². The quantitative estimate of drug-likeness (QED) is 0.550. The Balaban J connectivity index is 2.32. The second-order valence-corrected chi connectivity index (χ2v) is 4.94. The van der Waals surface area contributed by atoms with Crippen LogP contribution in [-0.4, -0.2) is 41.7 Å². The summed E-state index contributed by atoms with van der Waals surface area (Å²) >= 11 is 0. The fraction of sp³-hybridized carbons (Fsp3) is 0.429. The molecule has 7 nitrogen and oxygen atoms in total. The molecule has 0 aliphatic carbocycles. The van der Waals surface area contributed by atoms with E-state index in [0.717, 1.165) is 0 Å². The van der Waals surface area contributed by atoms with Crippen LogP contribution < -0.4 is 9.97 Å². The van der Waals surface area contributed by atoms with Gasteiger partial charge < -0.3 is 24.8 Å². The van der Waals surface area contributed by atoms with Crippen molar-refractivity contribution in [2.45, 2.75) is 32.6 Å². The molecule has 1 heterocycles. The highest BCUT2D eigenvalue weighted by Crippen LogP contribution is 2.34. The van der Waals surface area contributed by atoms with Gasteiger partial charge >= 0.3 is 13.1 Å². The third kappa shape index (κ3) is 3.33. The topological polar surface area (TPSA) is 105 Å². The molecule has 0 saturated carbocycles. The predicted octanol–water partition coefficient (Wildman–Crippen LogP) is 0.418. The Kier molecular flexibility index (Phi) is 4.92. The summed E-state index contributed by atoms with van der Waals surface area (Å²) in [5, 5.41) is 22.4. The SMILES string of the molecule is CCOC(=O)c1cc(O)cc2c1OB(O)[C@@H](NC(=O)CC)C2. The number of esters is 1. The second-order valence-electron chi connectivity index (χ2n) is 4.94. The van der Waals surface area contributed by atoms with Gasteiger partial charge in [-0.05, 0) is 31.0 Å². The average molecular weight is 307 g/mol. The molecule has 1 amide bonds. The first-order chi connectivity index (χ1) is 10.5. The Hall–Kier alpha value is -2.22. The van der Waals surface area contributed by atoms with Crippen molar-refractivity contribution < 1.29 is 29.1 Å². The summed E-state index contributed by atoms with van der Waals surface area (Å²) in [7, 11) is -1.28. The van der Waals surface area contributed by atoms with Crippen LogP contribution in [0.25, 0.3) is 0 Å². The number of amides is 1. The molecule has 0 spiro atoms. The zero-order valence-corrected chi connectivity index (χ0v) is 12.5. The first kappa shape index (κ1) is 16.2. The molecule has 0 bridgehead atoms. The summed E-state index contributed by atoms with van der Waals surface area (Å²) in [5.74, 6) is -1.44. The van der Waals surface area contributed by atoms with Gasteiger partial charge in [-0.25, -0.2) is 4.79 Å². The Morgan fingerprint density at radius 3 is 2.82 bits per heavy atom. The summed E-state index contributed by atoms with van der Waals surface area (Å²) in [6, 6.07) is 2.67. The van der Waals surface area contributed by atoms with Crippen LogP contribution in [0.5, 0.6) is 11.5 Å². The maximum absolute atomic E-state index is 11.9. The molecule has 22 heavy (non-hydrogen) atoms. The number of hydrogen-bond donors (Lipinski definition) is 3. The summed E-state index contributed by atoms with van der Waals surface area (Å²) in [6.07, 6.45) is 0.521. The van der Waals surface area contributed by atoms with Crippen LogP contribution in [0, 0.1) is 0 Å². The average Bonchev–Trinajstić information content (AvgIpc) is 2.47. The van der Waals surface area contributed by atoms with Crippen molar-refractivity contribution in [2.75, 3.05) is 6.61 Å². The Labute approximate surface area is 128 Å². The standard InChI is InChI=1S/C14H18BNO6/c1-3-12(18)16-11-6-8-5-9(17)7-10(14(19)21-4-2)13(8)22-15(11)20/h5,7,11,17,20H,3-4,6H2,1-2H3,(H,16,18)/t11-/m0/s1. The van der Waals surface area contributed by atoms with Gasteiger partial charge in [-0.2, -0.15) is 0 Å². The van der Waals surface area contributed by atoms with Gasteiger partial charge in [0.05, 0.1) is 12.5 Å². The molecule has 0 saturated heterocycles. The zero-order valence-electron chi connectivity index (χ0n) is 12.5.